The Morgan fingerprint density at radius 2 is 2.00 bits per heavy atom. The molecule has 0 aliphatic rings. The molecule has 0 aromatic heterocycles. The summed E-state index contributed by atoms with van der Waals surface area (Å²) >= 11 is 4.02. The summed E-state index contributed by atoms with van der Waals surface area (Å²) in [5.74, 6) is 0.740. The Labute approximate surface area is 50.1 Å². The molecule has 7 heavy (non-hydrogen) atoms. The summed E-state index contributed by atoms with van der Waals surface area (Å²) in [4.78, 5) is 0. The van der Waals surface area contributed by atoms with Crippen LogP contribution in [0.2, 0.25) is 0 Å². The molecule has 2 heteroatoms. The molecule has 0 fully saturated rings. The first-order valence-electron chi connectivity index (χ1n) is 2.34. The maximum atomic E-state index is 8.55. The first kappa shape index (κ1) is 7.31. The van der Waals surface area contributed by atoms with Gasteiger partial charge in [-0.3, -0.25) is 0 Å². The van der Waals surface area contributed by atoms with E-state index >= 15 is 0 Å². The van der Waals surface area contributed by atoms with Gasteiger partial charge in [-0.1, -0.05) is 13.8 Å². The Kier molecular flexibility index (Phi) is 2.69. The lowest BCUT2D eigenvalue weighted by atomic mass is 9.98. The van der Waals surface area contributed by atoms with Gasteiger partial charge < -0.3 is 5.11 Å². The van der Waals surface area contributed by atoms with Crippen molar-refractivity contribution in [3.8, 4) is 0 Å². The van der Waals surface area contributed by atoms with E-state index in [1.54, 1.807) is 0 Å². The fourth-order valence-corrected chi connectivity index (χ4v) is 0.150. The van der Waals surface area contributed by atoms with Crippen molar-refractivity contribution in [2.75, 3.05) is 12.4 Å². The van der Waals surface area contributed by atoms with Crippen molar-refractivity contribution >= 4 is 12.6 Å². The maximum Gasteiger partial charge on any atom is 0.0489 e. The van der Waals surface area contributed by atoms with Crippen LogP contribution >= 0.6 is 12.6 Å². The lowest BCUT2D eigenvalue weighted by Gasteiger charge is -2.16. The molecule has 44 valence electrons. The number of hydrogen-bond donors (Lipinski definition) is 2. The molecule has 1 nitrogen and oxygen atoms in total. The van der Waals surface area contributed by atoms with Crippen LogP contribution in [0, 0.1) is 5.41 Å². The summed E-state index contributed by atoms with van der Waals surface area (Å²) < 4.78 is 0. The van der Waals surface area contributed by atoms with Crippen LogP contribution in [0.4, 0.5) is 0 Å². The molecule has 0 heterocycles. The van der Waals surface area contributed by atoms with Crippen molar-refractivity contribution in [3.63, 3.8) is 0 Å². The number of thiol groups is 1. The molecular formula is C5H12OS. The van der Waals surface area contributed by atoms with Crippen molar-refractivity contribution in [3.05, 3.63) is 0 Å². The van der Waals surface area contributed by atoms with E-state index in [4.69, 9.17) is 5.11 Å². The molecule has 0 radical (unpaired) electrons. The van der Waals surface area contributed by atoms with Crippen LogP contribution in [-0.2, 0) is 0 Å². The highest BCUT2D eigenvalue weighted by atomic mass is 32.1. The summed E-state index contributed by atoms with van der Waals surface area (Å²) in [7, 11) is 0. The molecule has 0 amide bonds. The third-order valence-electron chi connectivity index (χ3n) is 0.856. The van der Waals surface area contributed by atoms with Gasteiger partial charge in [0.15, 0.2) is 0 Å². The third kappa shape index (κ3) is 2.94. The zero-order chi connectivity index (χ0) is 5.91. The van der Waals surface area contributed by atoms with E-state index in [-0.39, 0.29) is 12.0 Å². The molecule has 0 atom stereocenters. The molecule has 0 spiro atoms. The van der Waals surface area contributed by atoms with Gasteiger partial charge in [0.25, 0.3) is 0 Å². The predicted octanol–water partition coefficient (Wildman–Crippen LogP) is 0.935. The molecule has 0 unspecified atom stereocenters. The molecule has 0 rings (SSSR count). The third-order valence-corrected chi connectivity index (χ3v) is 1.71. The van der Waals surface area contributed by atoms with E-state index in [2.05, 4.69) is 12.6 Å². The molecule has 1 N–H and O–H groups in total. The SMILES string of the molecule is CC(C)(CO)CS. The molecule has 0 saturated carbocycles. The molecule has 0 aromatic carbocycles. The highest BCUT2D eigenvalue weighted by molar-refractivity contribution is 7.80. The molecule has 0 aliphatic carbocycles. The predicted molar refractivity (Wildman–Crippen MR) is 34.7 cm³/mol. The van der Waals surface area contributed by atoms with Gasteiger partial charge in [0, 0.05) is 6.61 Å². The zero-order valence-corrected chi connectivity index (χ0v) is 5.70. The van der Waals surface area contributed by atoms with E-state index in [0.29, 0.717) is 0 Å². The van der Waals surface area contributed by atoms with Crippen molar-refractivity contribution in [1.29, 1.82) is 0 Å². The van der Waals surface area contributed by atoms with Crippen LogP contribution in [0.5, 0.6) is 0 Å². The first-order valence-corrected chi connectivity index (χ1v) is 2.97. The monoisotopic (exact) mass is 120 g/mol. The minimum Gasteiger partial charge on any atom is -0.396 e. The Balaban J connectivity index is 3.36. The quantitative estimate of drug-likeness (QED) is 0.519. The molecule has 0 aliphatic heterocycles. The van der Waals surface area contributed by atoms with E-state index in [0.717, 1.165) is 5.75 Å². The summed E-state index contributed by atoms with van der Waals surface area (Å²) in [6, 6.07) is 0. The Morgan fingerprint density at radius 3 is 2.00 bits per heavy atom. The average molecular weight is 120 g/mol. The van der Waals surface area contributed by atoms with Crippen LogP contribution in [0.3, 0.4) is 0 Å². The first-order chi connectivity index (χ1) is 3.12. The van der Waals surface area contributed by atoms with Gasteiger partial charge in [-0.25, -0.2) is 0 Å². The Hall–Kier alpha value is 0.310. The molecular weight excluding hydrogens is 108 g/mol. The standard InChI is InChI=1S/C5H12OS/c1-5(2,3-6)4-7/h6-7H,3-4H2,1-2H3. The lowest BCUT2D eigenvalue weighted by molar-refractivity contribution is 0.181. The van der Waals surface area contributed by atoms with Crippen LogP contribution in [-0.4, -0.2) is 17.5 Å². The van der Waals surface area contributed by atoms with Crippen LogP contribution < -0.4 is 0 Å². The molecule has 0 aromatic rings. The second kappa shape index (κ2) is 2.58. The topological polar surface area (TPSA) is 20.2 Å². The van der Waals surface area contributed by atoms with Crippen LogP contribution in [0.15, 0.2) is 0 Å². The summed E-state index contributed by atoms with van der Waals surface area (Å²) in [6.07, 6.45) is 0. The van der Waals surface area contributed by atoms with Crippen molar-refractivity contribution in [2.45, 2.75) is 13.8 Å². The second-order valence-corrected chi connectivity index (χ2v) is 2.80. The number of hydrogen-bond acceptors (Lipinski definition) is 2. The second-order valence-electron chi connectivity index (χ2n) is 2.48. The highest BCUT2D eigenvalue weighted by Gasteiger charge is 2.12. The molecule has 0 bridgehead atoms. The smallest absolute Gasteiger partial charge is 0.0489 e. The van der Waals surface area contributed by atoms with E-state index in [9.17, 15) is 0 Å². The van der Waals surface area contributed by atoms with E-state index in [1.165, 1.54) is 0 Å². The minimum atomic E-state index is 0.00309. The average Bonchev–Trinajstić information content (AvgIpc) is 1.68. The van der Waals surface area contributed by atoms with Crippen LogP contribution in [0.1, 0.15) is 13.8 Å². The maximum absolute atomic E-state index is 8.55. The van der Waals surface area contributed by atoms with Crippen molar-refractivity contribution in [1.82, 2.24) is 0 Å². The number of rotatable bonds is 2. The number of aliphatic hydroxyl groups is 1. The largest absolute Gasteiger partial charge is 0.396 e. The summed E-state index contributed by atoms with van der Waals surface area (Å²) in [6.45, 7) is 4.16. The lowest BCUT2D eigenvalue weighted by Crippen LogP contribution is -2.17. The van der Waals surface area contributed by atoms with E-state index in [1.807, 2.05) is 13.8 Å². The fourth-order valence-electron chi connectivity index (χ4n) is 0.0500. The van der Waals surface area contributed by atoms with Gasteiger partial charge in [0.05, 0.1) is 0 Å². The van der Waals surface area contributed by atoms with Gasteiger partial charge in [0.1, 0.15) is 0 Å². The fraction of sp³-hybridized carbons (Fsp3) is 1.00. The van der Waals surface area contributed by atoms with E-state index < -0.39 is 0 Å². The number of aliphatic hydroxyl groups excluding tert-OH is 1. The Bertz CT molecular complexity index is 46.0. The van der Waals surface area contributed by atoms with Gasteiger partial charge in [-0.05, 0) is 11.2 Å². The summed E-state index contributed by atoms with van der Waals surface area (Å²) in [5.41, 5.74) is 0.00309. The zero-order valence-electron chi connectivity index (χ0n) is 4.81. The Morgan fingerprint density at radius 1 is 1.57 bits per heavy atom. The van der Waals surface area contributed by atoms with Crippen LogP contribution in [0.25, 0.3) is 0 Å². The van der Waals surface area contributed by atoms with Gasteiger partial charge in [-0.15, -0.1) is 0 Å². The van der Waals surface area contributed by atoms with Crippen molar-refractivity contribution < 1.29 is 5.11 Å². The highest BCUT2D eigenvalue weighted by Crippen LogP contribution is 2.13. The van der Waals surface area contributed by atoms with Crippen molar-refractivity contribution in [2.24, 2.45) is 5.41 Å². The van der Waals surface area contributed by atoms with Gasteiger partial charge in [-0.2, -0.15) is 12.6 Å². The van der Waals surface area contributed by atoms with Gasteiger partial charge in [0.2, 0.25) is 0 Å². The molecule has 0 saturated heterocycles. The minimum absolute atomic E-state index is 0.00309. The normalized spacial score (nSPS) is 12.0. The van der Waals surface area contributed by atoms with Gasteiger partial charge >= 0.3 is 0 Å². The summed E-state index contributed by atoms with van der Waals surface area (Å²) in [5, 5.41) is 8.55.